The van der Waals surface area contributed by atoms with Gasteiger partial charge in [0.2, 0.25) is 11.8 Å². The highest BCUT2D eigenvalue weighted by Gasteiger charge is 2.24. The number of nitrogens with zero attached hydrogens (tertiary/aromatic N) is 2. The highest BCUT2D eigenvalue weighted by atomic mass is 16.5. The van der Waals surface area contributed by atoms with Crippen molar-refractivity contribution in [1.82, 2.24) is 14.8 Å². The standard InChI is InChI=1S/C20H25N3O4/c1-14(24)21-11-15-7-9-22(10-8-15)19(25)13-23-12-17(20(26)27-2)16-5-3-4-6-18(16)23/h3-6,12,15H,7-11,13H2,1-2H3,(H,21,24). The van der Waals surface area contributed by atoms with Gasteiger partial charge in [-0.25, -0.2) is 4.79 Å². The smallest absolute Gasteiger partial charge is 0.340 e. The number of methoxy groups -OCH3 is 1. The zero-order valence-corrected chi connectivity index (χ0v) is 15.7. The Bertz CT molecular complexity index is 850. The molecule has 2 heterocycles. The minimum atomic E-state index is -0.406. The molecule has 0 aliphatic carbocycles. The van der Waals surface area contributed by atoms with Crippen LogP contribution < -0.4 is 5.32 Å². The molecule has 0 saturated carbocycles. The Hall–Kier alpha value is -2.83. The molecule has 144 valence electrons. The number of carbonyl (C=O) groups excluding carboxylic acids is 3. The first-order valence-electron chi connectivity index (χ1n) is 9.18. The average Bonchev–Trinajstić information content (AvgIpc) is 3.04. The minimum absolute atomic E-state index is 0.0191. The molecule has 0 spiro atoms. The molecule has 1 saturated heterocycles. The zero-order valence-electron chi connectivity index (χ0n) is 15.7. The van der Waals surface area contributed by atoms with Gasteiger partial charge in [-0.3, -0.25) is 9.59 Å². The van der Waals surface area contributed by atoms with Gasteiger partial charge in [-0.1, -0.05) is 18.2 Å². The SMILES string of the molecule is COC(=O)c1cn(CC(=O)N2CCC(CNC(C)=O)CC2)c2ccccc12. The third kappa shape index (κ3) is 4.30. The highest BCUT2D eigenvalue weighted by molar-refractivity contribution is 6.04. The minimum Gasteiger partial charge on any atom is -0.465 e. The summed E-state index contributed by atoms with van der Waals surface area (Å²) >= 11 is 0. The molecule has 7 nitrogen and oxygen atoms in total. The largest absolute Gasteiger partial charge is 0.465 e. The second-order valence-corrected chi connectivity index (χ2v) is 6.94. The number of fused-ring (bicyclic) bond motifs is 1. The number of benzene rings is 1. The lowest BCUT2D eigenvalue weighted by Crippen LogP contribution is -2.42. The van der Waals surface area contributed by atoms with Crippen LogP contribution in [0.2, 0.25) is 0 Å². The molecule has 2 amide bonds. The third-order valence-electron chi connectivity index (χ3n) is 5.11. The van der Waals surface area contributed by atoms with E-state index in [2.05, 4.69) is 5.32 Å². The van der Waals surface area contributed by atoms with Crippen LogP contribution in [0.5, 0.6) is 0 Å². The summed E-state index contributed by atoms with van der Waals surface area (Å²) in [5.41, 5.74) is 1.31. The molecule has 0 unspecified atom stereocenters. The number of hydrogen-bond acceptors (Lipinski definition) is 4. The Morgan fingerprint density at radius 3 is 2.56 bits per heavy atom. The summed E-state index contributed by atoms with van der Waals surface area (Å²) in [7, 11) is 1.35. The Morgan fingerprint density at radius 1 is 1.19 bits per heavy atom. The van der Waals surface area contributed by atoms with Crippen LogP contribution in [0.4, 0.5) is 0 Å². The Balaban J connectivity index is 1.67. The van der Waals surface area contributed by atoms with E-state index >= 15 is 0 Å². The van der Waals surface area contributed by atoms with Crippen molar-refractivity contribution in [1.29, 1.82) is 0 Å². The van der Waals surface area contributed by atoms with Gasteiger partial charge in [0.15, 0.2) is 0 Å². The quantitative estimate of drug-likeness (QED) is 0.813. The molecule has 1 N–H and O–H groups in total. The number of likely N-dealkylation sites (tertiary alicyclic amines) is 1. The number of carbonyl (C=O) groups is 3. The Labute approximate surface area is 158 Å². The lowest BCUT2D eigenvalue weighted by atomic mass is 9.96. The van der Waals surface area contributed by atoms with E-state index in [1.807, 2.05) is 33.7 Å². The number of esters is 1. The number of amides is 2. The number of aromatic nitrogens is 1. The highest BCUT2D eigenvalue weighted by Crippen LogP contribution is 2.23. The van der Waals surface area contributed by atoms with E-state index in [0.29, 0.717) is 31.1 Å². The second kappa shape index (κ2) is 8.24. The van der Waals surface area contributed by atoms with Crippen molar-refractivity contribution in [3.8, 4) is 0 Å². The van der Waals surface area contributed by atoms with Gasteiger partial charge in [-0.05, 0) is 24.8 Å². The predicted octanol–water partition coefficient (Wildman–Crippen LogP) is 1.80. The van der Waals surface area contributed by atoms with E-state index in [0.717, 1.165) is 23.7 Å². The molecule has 27 heavy (non-hydrogen) atoms. The summed E-state index contributed by atoms with van der Waals surface area (Å²) in [4.78, 5) is 37.7. The fourth-order valence-corrected chi connectivity index (χ4v) is 3.57. The van der Waals surface area contributed by atoms with Gasteiger partial charge in [-0.2, -0.15) is 0 Å². The fraction of sp³-hybridized carbons (Fsp3) is 0.450. The van der Waals surface area contributed by atoms with Crippen LogP contribution in [0.1, 0.15) is 30.1 Å². The van der Waals surface area contributed by atoms with E-state index in [4.69, 9.17) is 4.74 Å². The number of nitrogens with one attached hydrogen (secondary N) is 1. The monoisotopic (exact) mass is 371 g/mol. The summed E-state index contributed by atoms with van der Waals surface area (Å²) in [5.74, 6) is 0.0204. The van der Waals surface area contributed by atoms with E-state index in [-0.39, 0.29) is 18.4 Å². The van der Waals surface area contributed by atoms with Crippen molar-refractivity contribution >= 4 is 28.7 Å². The topological polar surface area (TPSA) is 80.6 Å². The third-order valence-corrected chi connectivity index (χ3v) is 5.11. The van der Waals surface area contributed by atoms with Crippen molar-refractivity contribution in [2.24, 2.45) is 5.92 Å². The molecule has 0 bridgehead atoms. The maximum Gasteiger partial charge on any atom is 0.340 e. The van der Waals surface area contributed by atoms with Crippen LogP contribution in [0.25, 0.3) is 10.9 Å². The molecular formula is C20H25N3O4. The number of rotatable bonds is 5. The number of para-hydroxylation sites is 1. The maximum atomic E-state index is 12.8. The number of piperidine rings is 1. The first-order valence-corrected chi connectivity index (χ1v) is 9.18. The van der Waals surface area contributed by atoms with Gasteiger partial charge in [0, 0.05) is 43.7 Å². The number of hydrogen-bond donors (Lipinski definition) is 1. The Morgan fingerprint density at radius 2 is 1.89 bits per heavy atom. The van der Waals surface area contributed by atoms with Gasteiger partial charge in [-0.15, -0.1) is 0 Å². The second-order valence-electron chi connectivity index (χ2n) is 6.94. The lowest BCUT2D eigenvalue weighted by Gasteiger charge is -2.32. The molecule has 1 aliphatic rings. The van der Waals surface area contributed by atoms with Gasteiger partial charge in [0.25, 0.3) is 0 Å². The predicted molar refractivity (Wildman–Crippen MR) is 101 cm³/mol. The van der Waals surface area contributed by atoms with Crippen molar-refractivity contribution < 1.29 is 19.1 Å². The van der Waals surface area contributed by atoms with E-state index in [1.54, 1.807) is 6.20 Å². The van der Waals surface area contributed by atoms with E-state index < -0.39 is 5.97 Å². The summed E-state index contributed by atoms with van der Waals surface area (Å²) < 4.78 is 6.67. The van der Waals surface area contributed by atoms with Crippen LogP contribution in [-0.4, -0.2) is 54.0 Å². The molecule has 1 fully saturated rings. The normalized spacial score (nSPS) is 15.0. The Kier molecular flexibility index (Phi) is 5.78. The van der Waals surface area contributed by atoms with Crippen molar-refractivity contribution in [3.05, 3.63) is 36.0 Å². The van der Waals surface area contributed by atoms with Crippen LogP contribution in [0.15, 0.2) is 30.5 Å². The summed E-state index contributed by atoms with van der Waals surface area (Å²) in [6.45, 7) is 3.75. The molecule has 0 atom stereocenters. The summed E-state index contributed by atoms with van der Waals surface area (Å²) in [6.07, 6.45) is 3.45. The van der Waals surface area contributed by atoms with Crippen LogP contribution in [-0.2, 0) is 20.9 Å². The maximum absolute atomic E-state index is 12.8. The van der Waals surface area contributed by atoms with Gasteiger partial charge in [0.05, 0.1) is 12.7 Å². The first-order chi connectivity index (χ1) is 13.0. The molecule has 3 rings (SSSR count). The van der Waals surface area contributed by atoms with Crippen molar-refractivity contribution in [3.63, 3.8) is 0 Å². The van der Waals surface area contributed by atoms with Gasteiger partial charge >= 0.3 is 5.97 Å². The van der Waals surface area contributed by atoms with E-state index in [9.17, 15) is 14.4 Å². The fourth-order valence-electron chi connectivity index (χ4n) is 3.57. The lowest BCUT2D eigenvalue weighted by molar-refractivity contribution is -0.133. The number of ether oxygens (including phenoxy) is 1. The summed E-state index contributed by atoms with van der Waals surface area (Å²) in [5, 5.41) is 3.63. The molecule has 7 heteroatoms. The van der Waals surface area contributed by atoms with Crippen molar-refractivity contribution in [2.45, 2.75) is 26.3 Å². The van der Waals surface area contributed by atoms with Crippen LogP contribution in [0.3, 0.4) is 0 Å². The molecule has 2 aromatic rings. The first kappa shape index (κ1) is 18.9. The molecule has 1 aromatic carbocycles. The average molecular weight is 371 g/mol. The summed E-state index contributed by atoms with van der Waals surface area (Å²) in [6, 6.07) is 7.50. The van der Waals surface area contributed by atoms with Crippen molar-refractivity contribution in [2.75, 3.05) is 26.7 Å². The van der Waals surface area contributed by atoms with Crippen LogP contribution in [0, 0.1) is 5.92 Å². The van der Waals surface area contributed by atoms with Gasteiger partial charge in [0.1, 0.15) is 6.54 Å². The van der Waals surface area contributed by atoms with Crippen LogP contribution >= 0.6 is 0 Å². The van der Waals surface area contributed by atoms with E-state index in [1.165, 1.54) is 14.0 Å². The molecule has 0 radical (unpaired) electrons. The zero-order chi connectivity index (χ0) is 19.4. The van der Waals surface area contributed by atoms with Gasteiger partial charge < -0.3 is 19.5 Å². The molecule has 1 aliphatic heterocycles. The molecular weight excluding hydrogens is 346 g/mol. The molecule has 1 aromatic heterocycles.